The zero-order valence-electron chi connectivity index (χ0n) is 19.3. The summed E-state index contributed by atoms with van der Waals surface area (Å²) in [6, 6.07) is 15.4. The molecule has 3 aromatic rings. The van der Waals surface area contributed by atoms with Crippen molar-refractivity contribution in [3.63, 3.8) is 0 Å². The van der Waals surface area contributed by atoms with Crippen LogP contribution in [0.25, 0.3) is 11.1 Å². The number of urea groups is 1. The zero-order valence-corrected chi connectivity index (χ0v) is 19.3. The maximum absolute atomic E-state index is 13.9. The van der Waals surface area contributed by atoms with Crippen LogP contribution in [0, 0.1) is 0 Å². The molecule has 3 aromatic carbocycles. The summed E-state index contributed by atoms with van der Waals surface area (Å²) in [4.78, 5) is 23.8. The van der Waals surface area contributed by atoms with Gasteiger partial charge in [0.05, 0.1) is 5.56 Å². The van der Waals surface area contributed by atoms with Crippen LogP contribution in [0.5, 0.6) is 11.5 Å². The van der Waals surface area contributed by atoms with Gasteiger partial charge in [-0.25, -0.2) is 4.79 Å². The zero-order chi connectivity index (χ0) is 25.6. The fourth-order valence-electron chi connectivity index (χ4n) is 3.54. The Bertz CT molecular complexity index is 1190. The molecule has 3 amide bonds. The summed E-state index contributed by atoms with van der Waals surface area (Å²) in [5.41, 5.74) is 5.43. The van der Waals surface area contributed by atoms with Gasteiger partial charge in [0.1, 0.15) is 11.5 Å². The largest absolute Gasteiger partial charge is 0.457 e. The van der Waals surface area contributed by atoms with E-state index in [1.807, 2.05) is 13.8 Å². The van der Waals surface area contributed by atoms with Gasteiger partial charge in [0.15, 0.2) is 0 Å². The summed E-state index contributed by atoms with van der Waals surface area (Å²) in [5.74, 6) is -0.978. The van der Waals surface area contributed by atoms with Crippen molar-refractivity contribution in [3.8, 4) is 22.6 Å². The molecule has 0 spiro atoms. The number of primary amides is 1. The SMILES string of the molecule is CCC(CC)NC(=O)Nc1ccc(Oc2ccc(-c3ccccc3C(N)=O)cc2C(F)(F)F)cc1. The first-order chi connectivity index (χ1) is 16.6. The lowest BCUT2D eigenvalue weighted by Gasteiger charge is -2.17. The van der Waals surface area contributed by atoms with E-state index in [4.69, 9.17) is 10.5 Å². The van der Waals surface area contributed by atoms with Gasteiger partial charge >= 0.3 is 12.2 Å². The van der Waals surface area contributed by atoms with Crippen LogP contribution >= 0.6 is 0 Å². The smallest absolute Gasteiger partial charge is 0.420 e. The molecule has 0 aliphatic heterocycles. The van der Waals surface area contributed by atoms with Gasteiger partial charge < -0.3 is 21.1 Å². The molecule has 4 N–H and O–H groups in total. The van der Waals surface area contributed by atoms with Crippen molar-refractivity contribution in [2.45, 2.75) is 38.9 Å². The molecule has 0 aliphatic carbocycles. The fourth-order valence-corrected chi connectivity index (χ4v) is 3.54. The molecule has 184 valence electrons. The van der Waals surface area contributed by atoms with E-state index in [2.05, 4.69) is 10.6 Å². The highest BCUT2D eigenvalue weighted by Crippen LogP contribution is 2.41. The van der Waals surface area contributed by atoms with Crippen LogP contribution in [0.2, 0.25) is 0 Å². The first kappa shape index (κ1) is 25.6. The van der Waals surface area contributed by atoms with Crippen LogP contribution in [-0.4, -0.2) is 18.0 Å². The predicted octanol–water partition coefficient (Wildman–Crippen LogP) is 6.57. The number of alkyl halides is 3. The summed E-state index contributed by atoms with van der Waals surface area (Å²) in [7, 11) is 0. The van der Waals surface area contributed by atoms with Crippen LogP contribution < -0.4 is 21.1 Å². The third-order valence-corrected chi connectivity index (χ3v) is 5.45. The number of nitrogens with two attached hydrogens (primary N) is 1. The van der Waals surface area contributed by atoms with Gasteiger partial charge in [-0.15, -0.1) is 0 Å². The molecule has 0 heterocycles. The topological polar surface area (TPSA) is 93.4 Å². The average molecular weight is 486 g/mol. The highest BCUT2D eigenvalue weighted by atomic mass is 19.4. The molecule has 0 aromatic heterocycles. The lowest BCUT2D eigenvalue weighted by Crippen LogP contribution is -2.37. The monoisotopic (exact) mass is 485 g/mol. The van der Waals surface area contributed by atoms with E-state index in [1.54, 1.807) is 12.1 Å². The van der Waals surface area contributed by atoms with Crippen LogP contribution in [0.1, 0.15) is 42.6 Å². The summed E-state index contributed by atoms with van der Waals surface area (Å²) in [6.07, 6.45) is -3.11. The average Bonchev–Trinajstić information content (AvgIpc) is 2.83. The number of halogens is 3. The third kappa shape index (κ3) is 6.53. The number of anilines is 1. The van der Waals surface area contributed by atoms with E-state index in [-0.39, 0.29) is 28.9 Å². The maximum atomic E-state index is 13.9. The second-order valence-electron chi connectivity index (χ2n) is 7.86. The number of hydrogen-bond acceptors (Lipinski definition) is 3. The Morgan fingerprint density at radius 2 is 1.63 bits per heavy atom. The minimum Gasteiger partial charge on any atom is -0.457 e. The number of rotatable bonds is 8. The minimum atomic E-state index is -4.71. The number of amides is 3. The number of carbonyl (C=O) groups is 2. The van der Waals surface area contributed by atoms with Crippen molar-refractivity contribution in [2.24, 2.45) is 5.73 Å². The van der Waals surface area contributed by atoms with Crippen molar-refractivity contribution >= 4 is 17.6 Å². The lowest BCUT2D eigenvalue weighted by atomic mass is 9.97. The summed E-state index contributed by atoms with van der Waals surface area (Å²) in [5, 5.41) is 5.52. The molecule has 0 unspecified atom stereocenters. The standard InChI is InChI=1S/C26H26F3N3O3/c1-3-17(4-2)31-25(34)32-18-10-12-19(13-11-18)35-23-14-9-16(15-22(23)26(27,28)29)20-7-5-6-8-21(20)24(30)33/h5-15,17H,3-4H2,1-2H3,(H2,30,33)(H2,31,32,34). The number of ether oxygens (including phenoxy) is 1. The fraction of sp³-hybridized carbons (Fsp3) is 0.231. The number of carbonyl (C=O) groups excluding carboxylic acids is 2. The molecule has 35 heavy (non-hydrogen) atoms. The summed E-state index contributed by atoms with van der Waals surface area (Å²) >= 11 is 0. The first-order valence-electron chi connectivity index (χ1n) is 11.1. The van der Waals surface area contributed by atoms with E-state index in [9.17, 15) is 22.8 Å². The second kappa shape index (κ2) is 10.9. The van der Waals surface area contributed by atoms with Gasteiger partial charge in [-0.2, -0.15) is 13.2 Å². The van der Waals surface area contributed by atoms with Gasteiger partial charge in [0, 0.05) is 17.3 Å². The normalized spacial score (nSPS) is 11.3. The molecule has 0 fully saturated rings. The van der Waals surface area contributed by atoms with Gasteiger partial charge in [-0.1, -0.05) is 38.1 Å². The predicted molar refractivity (Wildman–Crippen MR) is 128 cm³/mol. The molecule has 9 heteroatoms. The molecule has 3 rings (SSSR count). The molecular weight excluding hydrogens is 459 g/mol. The van der Waals surface area contributed by atoms with E-state index in [0.29, 0.717) is 11.3 Å². The molecule has 0 bridgehead atoms. The first-order valence-corrected chi connectivity index (χ1v) is 11.1. The maximum Gasteiger partial charge on any atom is 0.420 e. The Hall–Kier alpha value is -4.01. The van der Waals surface area contributed by atoms with Crippen LogP contribution in [0.4, 0.5) is 23.7 Å². The number of benzene rings is 3. The quantitative estimate of drug-likeness (QED) is 0.337. The van der Waals surface area contributed by atoms with Crippen molar-refractivity contribution in [1.29, 1.82) is 0 Å². The summed E-state index contributed by atoms with van der Waals surface area (Å²) in [6.45, 7) is 3.94. The lowest BCUT2D eigenvalue weighted by molar-refractivity contribution is -0.138. The van der Waals surface area contributed by atoms with Crippen LogP contribution in [-0.2, 0) is 6.18 Å². The number of hydrogen-bond donors (Lipinski definition) is 3. The highest BCUT2D eigenvalue weighted by Gasteiger charge is 2.35. The van der Waals surface area contributed by atoms with E-state index in [0.717, 1.165) is 18.9 Å². The van der Waals surface area contributed by atoms with E-state index >= 15 is 0 Å². The molecule has 0 aliphatic rings. The Morgan fingerprint density at radius 1 is 0.971 bits per heavy atom. The minimum absolute atomic E-state index is 0.0521. The Morgan fingerprint density at radius 3 is 2.23 bits per heavy atom. The molecule has 0 saturated carbocycles. The van der Waals surface area contributed by atoms with Crippen molar-refractivity contribution in [2.75, 3.05) is 5.32 Å². The van der Waals surface area contributed by atoms with Gasteiger partial charge in [-0.3, -0.25) is 4.79 Å². The Labute approximate surface area is 201 Å². The van der Waals surface area contributed by atoms with Crippen molar-refractivity contribution < 1.29 is 27.5 Å². The number of nitrogens with one attached hydrogen (secondary N) is 2. The molecule has 0 radical (unpaired) electrons. The van der Waals surface area contributed by atoms with Crippen molar-refractivity contribution in [1.82, 2.24) is 5.32 Å². The second-order valence-corrected chi connectivity index (χ2v) is 7.86. The van der Waals surface area contributed by atoms with Crippen LogP contribution in [0.15, 0.2) is 66.7 Å². The molecule has 0 saturated heterocycles. The van der Waals surface area contributed by atoms with Crippen LogP contribution in [0.3, 0.4) is 0 Å². The third-order valence-electron chi connectivity index (χ3n) is 5.45. The molecular formula is C26H26F3N3O3. The van der Waals surface area contributed by atoms with Crippen molar-refractivity contribution in [3.05, 3.63) is 77.9 Å². The summed E-state index contributed by atoms with van der Waals surface area (Å²) < 4.78 is 47.1. The van der Waals surface area contributed by atoms with E-state index in [1.165, 1.54) is 48.5 Å². The molecule has 0 atom stereocenters. The van der Waals surface area contributed by atoms with Gasteiger partial charge in [0.25, 0.3) is 0 Å². The Balaban J connectivity index is 1.83. The van der Waals surface area contributed by atoms with E-state index < -0.39 is 23.4 Å². The van der Waals surface area contributed by atoms with Gasteiger partial charge in [-0.05, 0) is 66.4 Å². The molecule has 6 nitrogen and oxygen atoms in total. The van der Waals surface area contributed by atoms with Gasteiger partial charge in [0.2, 0.25) is 5.91 Å². The Kier molecular flexibility index (Phi) is 8.01. The highest BCUT2D eigenvalue weighted by molar-refractivity contribution is 5.99.